The third-order valence-corrected chi connectivity index (χ3v) is 4.95. The SMILES string of the molecule is O=C1SC(=Cc2ccc(F)cc2)C(=O)N1CNc1ccc(I)cc1. The van der Waals surface area contributed by atoms with E-state index >= 15 is 0 Å². The number of rotatable bonds is 4. The second-order valence-electron chi connectivity index (χ2n) is 5.00. The number of nitrogens with one attached hydrogen (secondary N) is 1. The molecule has 0 saturated carbocycles. The van der Waals surface area contributed by atoms with Gasteiger partial charge in [-0.1, -0.05) is 12.1 Å². The molecule has 4 nitrogen and oxygen atoms in total. The summed E-state index contributed by atoms with van der Waals surface area (Å²) in [5.74, 6) is -0.700. The van der Waals surface area contributed by atoms with Crippen LogP contribution in [-0.4, -0.2) is 22.7 Å². The van der Waals surface area contributed by atoms with Gasteiger partial charge in [-0.15, -0.1) is 0 Å². The van der Waals surface area contributed by atoms with Crippen molar-refractivity contribution in [2.75, 3.05) is 12.0 Å². The van der Waals surface area contributed by atoms with Crippen LogP contribution in [0.15, 0.2) is 53.4 Å². The first-order chi connectivity index (χ1) is 11.5. The summed E-state index contributed by atoms with van der Waals surface area (Å²) < 4.78 is 14.0. The molecule has 0 aliphatic carbocycles. The predicted octanol–water partition coefficient (Wildman–Crippen LogP) is 4.54. The first-order valence-electron chi connectivity index (χ1n) is 7.03. The highest BCUT2D eigenvalue weighted by Gasteiger charge is 2.34. The average molecular weight is 454 g/mol. The largest absolute Gasteiger partial charge is 0.367 e. The molecule has 1 aliphatic rings. The molecule has 0 atom stereocenters. The highest BCUT2D eigenvalue weighted by atomic mass is 127. The zero-order valence-electron chi connectivity index (χ0n) is 12.3. The Labute approximate surface area is 156 Å². The van der Waals surface area contributed by atoms with E-state index in [0.29, 0.717) is 10.5 Å². The Bertz CT molecular complexity index is 806. The molecule has 0 unspecified atom stereocenters. The van der Waals surface area contributed by atoms with Gasteiger partial charge in [-0.05, 0) is 82.4 Å². The maximum absolute atomic E-state index is 12.9. The molecular weight excluding hydrogens is 442 g/mol. The van der Waals surface area contributed by atoms with Gasteiger partial charge in [0.2, 0.25) is 0 Å². The second-order valence-corrected chi connectivity index (χ2v) is 7.24. The van der Waals surface area contributed by atoms with Crippen molar-refractivity contribution in [2.45, 2.75) is 0 Å². The Morgan fingerprint density at radius 2 is 1.75 bits per heavy atom. The first kappa shape index (κ1) is 17.0. The lowest BCUT2D eigenvalue weighted by Gasteiger charge is -2.14. The molecule has 0 radical (unpaired) electrons. The third kappa shape index (κ3) is 3.96. The van der Waals surface area contributed by atoms with Crippen molar-refractivity contribution in [3.63, 3.8) is 0 Å². The van der Waals surface area contributed by atoms with Crippen LogP contribution in [0.1, 0.15) is 5.56 Å². The third-order valence-electron chi connectivity index (χ3n) is 3.33. The molecule has 0 aromatic heterocycles. The van der Waals surface area contributed by atoms with E-state index in [1.54, 1.807) is 18.2 Å². The van der Waals surface area contributed by atoms with Crippen LogP contribution in [0.4, 0.5) is 14.9 Å². The topological polar surface area (TPSA) is 49.4 Å². The molecule has 0 bridgehead atoms. The van der Waals surface area contributed by atoms with Gasteiger partial charge in [-0.2, -0.15) is 0 Å². The van der Waals surface area contributed by atoms with Crippen LogP contribution in [0.2, 0.25) is 0 Å². The molecular formula is C17H12FIN2O2S. The van der Waals surface area contributed by atoms with Gasteiger partial charge in [0.05, 0.1) is 11.6 Å². The number of hydrogen-bond donors (Lipinski definition) is 1. The minimum atomic E-state index is -0.354. The molecule has 2 aromatic carbocycles. The molecule has 24 heavy (non-hydrogen) atoms. The van der Waals surface area contributed by atoms with Crippen molar-refractivity contribution in [2.24, 2.45) is 0 Å². The van der Waals surface area contributed by atoms with Crippen LogP contribution < -0.4 is 5.32 Å². The molecule has 3 rings (SSSR count). The number of thioether (sulfide) groups is 1. The van der Waals surface area contributed by atoms with Gasteiger partial charge >= 0.3 is 0 Å². The van der Waals surface area contributed by atoms with E-state index in [-0.39, 0.29) is 23.6 Å². The maximum Gasteiger partial charge on any atom is 0.295 e. The minimum Gasteiger partial charge on any atom is -0.367 e. The fraction of sp³-hybridized carbons (Fsp3) is 0.0588. The molecule has 1 fully saturated rings. The number of carbonyl (C=O) groups excluding carboxylic acids is 2. The van der Waals surface area contributed by atoms with Crippen LogP contribution in [0.3, 0.4) is 0 Å². The van der Waals surface area contributed by atoms with Crippen LogP contribution >= 0.6 is 34.4 Å². The second kappa shape index (κ2) is 7.35. The minimum absolute atomic E-state index is 0.103. The van der Waals surface area contributed by atoms with Gasteiger partial charge in [0.25, 0.3) is 11.1 Å². The number of halogens is 2. The zero-order valence-corrected chi connectivity index (χ0v) is 15.3. The fourth-order valence-corrected chi connectivity index (χ4v) is 3.28. The van der Waals surface area contributed by atoms with Crippen molar-refractivity contribution in [1.82, 2.24) is 4.90 Å². The molecule has 2 aromatic rings. The number of imide groups is 1. The summed E-state index contributed by atoms with van der Waals surface area (Å²) in [5.41, 5.74) is 1.50. The van der Waals surface area contributed by atoms with E-state index < -0.39 is 0 Å². The first-order valence-corrected chi connectivity index (χ1v) is 8.93. The van der Waals surface area contributed by atoms with Crippen molar-refractivity contribution < 1.29 is 14.0 Å². The molecule has 1 heterocycles. The number of hydrogen-bond acceptors (Lipinski definition) is 4. The molecule has 2 amide bonds. The monoisotopic (exact) mass is 454 g/mol. The van der Waals surface area contributed by atoms with E-state index in [0.717, 1.165) is 25.9 Å². The van der Waals surface area contributed by atoms with E-state index in [2.05, 4.69) is 27.9 Å². The molecule has 1 N–H and O–H groups in total. The molecule has 7 heteroatoms. The highest BCUT2D eigenvalue weighted by molar-refractivity contribution is 14.1. The Balaban J connectivity index is 1.69. The summed E-state index contributed by atoms with van der Waals surface area (Å²) in [4.78, 5) is 25.9. The summed E-state index contributed by atoms with van der Waals surface area (Å²) in [6.07, 6.45) is 1.59. The maximum atomic E-state index is 12.9. The molecule has 1 saturated heterocycles. The van der Waals surface area contributed by atoms with E-state index in [1.165, 1.54) is 12.1 Å². The number of amides is 2. The lowest BCUT2D eigenvalue weighted by molar-refractivity contribution is -0.122. The zero-order chi connectivity index (χ0) is 17.1. The number of anilines is 1. The Morgan fingerprint density at radius 3 is 2.42 bits per heavy atom. The summed E-state index contributed by atoms with van der Waals surface area (Å²) in [5, 5.41) is 2.73. The summed E-state index contributed by atoms with van der Waals surface area (Å²) in [7, 11) is 0. The van der Waals surface area contributed by atoms with Crippen LogP contribution in [-0.2, 0) is 4.79 Å². The van der Waals surface area contributed by atoms with Crippen molar-refractivity contribution in [1.29, 1.82) is 0 Å². The van der Waals surface area contributed by atoms with Crippen LogP contribution in [0.25, 0.3) is 6.08 Å². The Kier molecular flexibility index (Phi) is 5.20. The van der Waals surface area contributed by atoms with Gasteiger partial charge in [0.1, 0.15) is 5.82 Å². The van der Waals surface area contributed by atoms with Crippen molar-refractivity contribution in [3.05, 3.63) is 68.4 Å². The lowest BCUT2D eigenvalue weighted by atomic mass is 10.2. The van der Waals surface area contributed by atoms with Gasteiger partial charge < -0.3 is 5.32 Å². The Morgan fingerprint density at radius 1 is 1.08 bits per heavy atom. The summed E-state index contributed by atoms with van der Waals surface area (Å²) in [6, 6.07) is 13.4. The van der Waals surface area contributed by atoms with Gasteiger partial charge in [-0.3, -0.25) is 14.5 Å². The van der Waals surface area contributed by atoms with Crippen molar-refractivity contribution in [3.8, 4) is 0 Å². The molecule has 0 spiro atoms. The Hall–Kier alpha value is -1.87. The molecule has 1 aliphatic heterocycles. The van der Waals surface area contributed by atoms with Crippen LogP contribution in [0.5, 0.6) is 0 Å². The average Bonchev–Trinajstić information content (AvgIpc) is 2.83. The number of benzene rings is 2. The van der Waals surface area contributed by atoms with E-state index in [4.69, 9.17) is 0 Å². The fourth-order valence-electron chi connectivity index (χ4n) is 2.08. The highest BCUT2D eigenvalue weighted by Crippen LogP contribution is 2.32. The van der Waals surface area contributed by atoms with E-state index in [9.17, 15) is 14.0 Å². The number of nitrogens with zero attached hydrogens (tertiary/aromatic N) is 1. The van der Waals surface area contributed by atoms with Gasteiger partial charge in [0, 0.05) is 9.26 Å². The van der Waals surface area contributed by atoms with Gasteiger partial charge in [-0.25, -0.2) is 4.39 Å². The quantitative estimate of drug-likeness (QED) is 0.545. The van der Waals surface area contributed by atoms with E-state index in [1.807, 2.05) is 24.3 Å². The smallest absolute Gasteiger partial charge is 0.295 e. The summed E-state index contributed by atoms with van der Waals surface area (Å²) in [6.45, 7) is 0.103. The number of carbonyl (C=O) groups is 2. The summed E-state index contributed by atoms with van der Waals surface area (Å²) >= 11 is 3.09. The standard InChI is InChI=1S/C17H12FIN2O2S/c18-12-3-1-11(2-4-12)9-15-16(22)21(17(23)24-15)10-20-14-7-5-13(19)6-8-14/h1-9,20H,10H2. The molecule has 122 valence electrons. The van der Waals surface area contributed by atoms with Crippen LogP contribution in [0, 0.1) is 9.39 Å². The lowest BCUT2D eigenvalue weighted by Crippen LogP contribution is -2.33. The van der Waals surface area contributed by atoms with Crippen molar-refractivity contribution >= 4 is 57.3 Å². The van der Waals surface area contributed by atoms with Gasteiger partial charge in [0.15, 0.2) is 0 Å². The normalized spacial score (nSPS) is 16.1. The predicted molar refractivity (Wildman–Crippen MR) is 102 cm³/mol.